The van der Waals surface area contributed by atoms with Crippen LogP contribution in [0.3, 0.4) is 0 Å². The van der Waals surface area contributed by atoms with Crippen molar-refractivity contribution in [2.45, 2.75) is 32.6 Å². The molecule has 0 fully saturated rings. The Morgan fingerprint density at radius 2 is 1.93 bits per heavy atom. The predicted octanol–water partition coefficient (Wildman–Crippen LogP) is 4.19. The number of carbonyl (C=O) groups excluding carboxylic acids is 1. The Labute approximate surface area is 158 Å². The lowest BCUT2D eigenvalue weighted by Gasteiger charge is -2.11. The molecule has 3 aromatic rings. The van der Waals surface area contributed by atoms with E-state index in [1.807, 2.05) is 39.0 Å². The smallest absolute Gasteiger partial charge is 0.227 e. The van der Waals surface area contributed by atoms with Gasteiger partial charge in [-0.15, -0.1) is 0 Å². The SMILES string of the molecule is CCS(=O)(=O)c1ccc2oc(-c3ccc(NC(=O)C(C)C)c(C)c3)nc2c1. The molecule has 0 atom stereocenters. The van der Waals surface area contributed by atoms with Crippen LogP contribution >= 0.6 is 0 Å². The number of aromatic nitrogens is 1. The highest BCUT2D eigenvalue weighted by atomic mass is 32.2. The molecule has 0 saturated carbocycles. The third-order valence-electron chi connectivity index (χ3n) is 4.35. The number of aryl methyl sites for hydroxylation is 1. The third-order valence-corrected chi connectivity index (χ3v) is 6.09. The van der Waals surface area contributed by atoms with E-state index in [9.17, 15) is 13.2 Å². The van der Waals surface area contributed by atoms with E-state index in [-0.39, 0.29) is 22.5 Å². The first kappa shape index (κ1) is 19.1. The first-order valence-electron chi connectivity index (χ1n) is 8.76. The Balaban J connectivity index is 1.95. The average molecular weight is 386 g/mol. The van der Waals surface area contributed by atoms with Gasteiger partial charge in [-0.25, -0.2) is 13.4 Å². The minimum atomic E-state index is -3.30. The van der Waals surface area contributed by atoms with Gasteiger partial charge in [0, 0.05) is 17.2 Å². The van der Waals surface area contributed by atoms with Crippen LogP contribution in [0.25, 0.3) is 22.6 Å². The fourth-order valence-corrected chi connectivity index (χ4v) is 3.50. The summed E-state index contributed by atoms with van der Waals surface area (Å²) < 4.78 is 29.9. The minimum absolute atomic E-state index is 0.0337. The number of carbonyl (C=O) groups is 1. The Bertz CT molecular complexity index is 1110. The van der Waals surface area contributed by atoms with E-state index >= 15 is 0 Å². The molecular weight excluding hydrogens is 364 g/mol. The predicted molar refractivity (Wildman–Crippen MR) is 105 cm³/mol. The molecule has 6 nitrogen and oxygen atoms in total. The maximum atomic E-state index is 12.0. The lowest BCUT2D eigenvalue weighted by Crippen LogP contribution is -2.18. The van der Waals surface area contributed by atoms with Gasteiger partial charge in [0.1, 0.15) is 5.52 Å². The van der Waals surface area contributed by atoms with E-state index < -0.39 is 9.84 Å². The fraction of sp³-hybridized carbons (Fsp3) is 0.300. The van der Waals surface area contributed by atoms with Crippen molar-refractivity contribution in [1.29, 1.82) is 0 Å². The molecule has 1 aromatic heterocycles. The lowest BCUT2D eigenvalue weighted by molar-refractivity contribution is -0.118. The van der Waals surface area contributed by atoms with Gasteiger partial charge in [-0.2, -0.15) is 0 Å². The lowest BCUT2D eigenvalue weighted by atomic mass is 10.1. The molecule has 0 unspecified atom stereocenters. The Hall–Kier alpha value is -2.67. The second-order valence-corrected chi connectivity index (χ2v) is 9.00. The normalized spacial score (nSPS) is 11.9. The van der Waals surface area contributed by atoms with Crippen LogP contribution in [-0.4, -0.2) is 25.1 Å². The zero-order valence-corrected chi connectivity index (χ0v) is 16.6. The zero-order chi connectivity index (χ0) is 19.8. The van der Waals surface area contributed by atoms with Crippen molar-refractivity contribution in [2.75, 3.05) is 11.1 Å². The van der Waals surface area contributed by atoms with E-state index in [1.165, 1.54) is 12.1 Å². The molecule has 0 bridgehead atoms. The van der Waals surface area contributed by atoms with Gasteiger partial charge in [0.2, 0.25) is 11.8 Å². The Kier molecular flexibility index (Phi) is 5.06. The molecule has 7 heteroatoms. The third kappa shape index (κ3) is 3.88. The van der Waals surface area contributed by atoms with Gasteiger partial charge >= 0.3 is 0 Å². The van der Waals surface area contributed by atoms with E-state index in [1.54, 1.807) is 13.0 Å². The molecule has 0 aliphatic carbocycles. The van der Waals surface area contributed by atoms with E-state index in [0.717, 1.165) is 16.8 Å². The van der Waals surface area contributed by atoms with Crippen LogP contribution in [-0.2, 0) is 14.6 Å². The van der Waals surface area contributed by atoms with Crippen LogP contribution in [0.4, 0.5) is 5.69 Å². The Morgan fingerprint density at radius 3 is 2.56 bits per heavy atom. The minimum Gasteiger partial charge on any atom is -0.436 e. The van der Waals surface area contributed by atoms with Crippen molar-refractivity contribution < 1.29 is 17.6 Å². The topological polar surface area (TPSA) is 89.3 Å². The van der Waals surface area contributed by atoms with Crippen LogP contribution in [0, 0.1) is 12.8 Å². The summed E-state index contributed by atoms with van der Waals surface area (Å²) >= 11 is 0. The highest BCUT2D eigenvalue weighted by molar-refractivity contribution is 7.91. The molecule has 2 aromatic carbocycles. The van der Waals surface area contributed by atoms with Crippen molar-refractivity contribution in [3.8, 4) is 11.5 Å². The second-order valence-electron chi connectivity index (χ2n) is 6.73. The highest BCUT2D eigenvalue weighted by Crippen LogP contribution is 2.29. The summed E-state index contributed by atoms with van der Waals surface area (Å²) in [6, 6.07) is 10.2. The maximum absolute atomic E-state index is 12.0. The summed E-state index contributed by atoms with van der Waals surface area (Å²) in [6.07, 6.45) is 0. The van der Waals surface area contributed by atoms with Gasteiger partial charge in [0.05, 0.1) is 10.6 Å². The summed E-state index contributed by atoms with van der Waals surface area (Å²) in [6.45, 7) is 7.18. The molecule has 0 spiro atoms. The largest absolute Gasteiger partial charge is 0.436 e. The van der Waals surface area contributed by atoms with Crippen LogP contribution in [0.15, 0.2) is 45.7 Å². The molecular formula is C20H22N2O4S. The van der Waals surface area contributed by atoms with Crippen LogP contribution in [0.2, 0.25) is 0 Å². The van der Waals surface area contributed by atoms with E-state index in [0.29, 0.717) is 17.0 Å². The number of sulfone groups is 1. The number of fused-ring (bicyclic) bond motifs is 1. The number of nitrogens with one attached hydrogen (secondary N) is 1. The monoisotopic (exact) mass is 386 g/mol. The molecule has 1 N–H and O–H groups in total. The number of oxazole rings is 1. The first-order chi connectivity index (χ1) is 12.7. The van der Waals surface area contributed by atoms with Gasteiger partial charge < -0.3 is 9.73 Å². The van der Waals surface area contributed by atoms with Gasteiger partial charge in [0.25, 0.3) is 0 Å². The summed E-state index contributed by atoms with van der Waals surface area (Å²) in [5, 5.41) is 2.89. The molecule has 0 saturated heterocycles. The number of anilines is 1. The summed E-state index contributed by atoms with van der Waals surface area (Å²) in [5.41, 5.74) is 3.40. The Morgan fingerprint density at radius 1 is 1.19 bits per heavy atom. The van der Waals surface area contributed by atoms with E-state index in [4.69, 9.17) is 4.42 Å². The standard InChI is InChI=1S/C20H22N2O4S/c1-5-27(24,25)15-7-9-18-17(11-15)22-20(26-18)14-6-8-16(13(4)10-14)21-19(23)12(2)3/h6-12H,5H2,1-4H3,(H,21,23). The molecule has 3 rings (SSSR count). The zero-order valence-electron chi connectivity index (χ0n) is 15.7. The van der Waals surface area contributed by atoms with Gasteiger partial charge in [-0.1, -0.05) is 20.8 Å². The van der Waals surface area contributed by atoms with Crippen LogP contribution in [0.5, 0.6) is 0 Å². The molecule has 27 heavy (non-hydrogen) atoms. The number of hydrogen-bond donors (Lipinski definition) is 1. The summed E-state index contributed by atoms with van der Waals surface area (Å²) in [4.78, 5) is 16.6. The molecule has 1 amide bonds. The fourth-order valence-electron chi connectivity index (χ4n) is 2.60. The number of benzene rings is 2. The second kappa shape index (κ2) is 7.15. The number of hydrogen-bond acceptors (Lipinski definition) is 5. The van der Waals surface area contributed by atoms with Gasteiger partial charge in [-0.05, 0) is 48.9 Å². The van der Waals surface area contributed by atoms with Gasteiger partial charge in [0.15, 0.2) is 15.4 Å². The molecule has 0 aliphatic rings. The van der Waals surface area contributed by atoms with Crippen molar-refractivity contribution >= 4 is 32.5 Å². The van der Waals surface area contributed by atoms with Crippen molar-refractivity contribution in [1.82, 2.24) is 4.98 Å². The van der Waals surface area contributed by atoms with E-state index in [2.05, 4.69) is 10.3 Å². The average Bonchev–Trinajstić information content (AvgIpc) is 3.06. The molecule has 0 radical (unpaired) electrons. The van der Waals surface area contributed by atoms with Crippen LogP contribution < -0.4 is 5.32 Å². The highest BCUT2D eigenvalue weighted by Gasteiger charge is 2.16. The van der Waals surface area contributed by atoms with Crippen molar-refractivity contribution in [2.24, 2.45) is 5.92 Å². The van der Waals surface area contributed by atoms with Gasteiger partial charge in [-0.3, -0.25) is 4.79 Å². The molecule has 0 aliphatic heterocycles. The number of nitrogens with zero attached hydrogens (tertiary/aromatic N) is 1. The summed E-state index contributed by atoms with van der Waals surface area (Å²) in [7, 11) is -3.30. The number of rotatable bonds is 5. The maximum Gasteiger partial charge on any atom is 0.227 e. The number of amides is 1. The van der Waals surface area contributed by atoms with Crippen molar-refractivity contribution in [3.05, 3.63) is 42.0 Å². The van der Waals surface area contributed by atoms with Crippen LogP contribution in [0.1, 0.15) is 26.3 Å². The quantitative estimate of drug-likeness (QED) is 0.710. The van der Waals surface area contributed by atoms with Crippen molar-refractivity contribution in [3.63, 3.8) is 0 Å². The molecule has 1 heterocycles. The first-order valence-corrected chi connectivity index (χ1v) is 10.4. The molecule has 142 valence electrons. The summed E-state index contributed by atoms with van der Waals surface area (Å²) in [5.74, 6) is 0.291.